The molecule has 110 heavy (non-hydrogen) atoms. The summed E-state index contributed by atoms with van der Waals surface area (Å²) >= 11 is 5.50. The standard InChI is InChI=1S/C20H17NSe.C17H18Se.C16H18SeSi.C15H17NSSi.C15H15NSe.C14H14N2S/c1-14-8-6-12-17-19(14)22-20-15(2)9-7-13-18(20)21(17)16-10-4-3-5-11-16;1-11-7-5-9-13-15(11)18-16-12(2)8-6-10-14(16)17(13,3)4;1-11-7-5-9-13-15(11)17-16-12(2)8-6-10-14(16)18(13,3)4;1-10-6-5-7-12-13(10)17-14-11(2)8-9-16-15(14)18(12,3)4;1-10-6-4-8-12-14(10)17-15-11(2)7-5-9-13(15)16(12)3;1-9-5-4-6-11-12(9)17-13-10(2)7-8-15-14(13)16(11)3/h3-13H,1-2H3;2*5-10H,1-4H3;5-9H,1-4H3;4-9H,1-3H3;4-8H,1-3H3. The number of aryl methyl sites for hydroxylation is 12. The number of fused-ring (bicyclic) bond motifs is 12. The predicted octanol–water partition coefficient (Wildman–Crippen LogP) is 16.4. The minimum atomic E-state index is -1.63. The molecule has 0 unspecified atom stereocenters. The van der Waals surface area contributed by atoms with Gasteiger partial charge < -0.3 is 4.90 Å². The van der Waals surface area contributed by atoms with Crippen LogP contribution in [0.5, 0.6) is 0 Å². The van der Waals surface area contributed by atoms with Gasteiger partial charge in [-0.25, -0.2) is 4.98 Å². The maximum atomic E-state index is 4.70. The van der Waals surface area contributed by atoms with E-state index in [2.05, 4.69) is 381 Å². The molecular weight excluding hydrogens is 1670 g/mol. The summed E-state index contributed by atoms with van der Waals surface area (Å²) in [6.45, 7) is 41.2. The molecule has 556 valence electrons. The molecule has 0 saturated heterocycles. The van der Waals surface area contributed by atoms with Crippen LogP contribution in [0.15, 0.2) is 256 Å². The van der Waals surface area contributed by atoms with E-state index in [0.717, 1.165) is 5.82 Å². The van der Waals surface area contributed by atoms with Gasteiger partial charge >= 0.3 is 479 Å². The van der Waals surface area contributed by atoms with Gasteiger partial charge in [-0.05, 0) is 73.3 Å². The Balaban J connectivity index is 0.000000110. The molecule has 0 atom stereocenters. The molecular formula is C97H99N5S2Se4Si2. The molecule has 0 N–H and O–H groups in total. The van der Waals surface area contributed by atoms with Gasteiger partial charge in [-0.2, -0.15) is 0 Å². The average Bonchev–Trinajstić information content (AvgIpc) is 0.756. The second kappa shape index (κ2) is 32.4. The number of benzene rings is 11. The maximum absolute atomic E-state index is 4.70. The van der Waals surface area contributed by atoms with Gasteiger partial charge in [-0.15, -0.1) is 0 Å². The van der Waals surface area contributed by atoms with Crippen LogP contribution < -0.4 is 71.3 Å². The second-order valence-corrected chi connectivity index (χ2v) is 50.4. The van der Waals surface area contributed by atoms with E-state index >= 15 is 0 Å². The van der Waals surface area contributed by atoms with Gasteiger partial charge in [0.25, 0.3) is 0 Å². The summed E-state index contributed by atoms with van der Waals surface area (Å²) in [5.74, 6) is 1.06. The van der Waals surface area contributed by atoms with Crippen LogP contribution >= 0.6 is 23.5 Å². The van der Waals surface area contributed by atoms with E-state index in [1.807, 2.05) is 35.9 Å². The summed E-state index contributed by atoms with van der Waals surface area (Å²) in [6, 6.07) is 81.8. The first kappa shape index (κ1) is 79.0. The third-order valence-electron chi connectivity index (χ3n) is 22.3. The van der Waals surface area contributed by atoms with Gasteiger partial charge in [0.1, 0.15) is 13.9 Å². The van der Waals surface area contributed by atoms with Crippen molar-refractivity contribution in [3.63, 3.8) is 0 Å². The molecule has 6 aliphatic rings. The molecule has 8 heterocycles. The number of anilines is 7. The Morgan fingerprint density at radius 3 is 1.13 bits per heavy atom. The van der Waals surface area contributed by atoms with Crippen molar-refractivity contribution in [2.24, 2.45) is 0 Å². The van der Waals surface area contributed by atoms with Gasteiger partial charge in [0.05, 0.1) is 10.6 Å². The molecule has 11 aromatic carbocycles. The first-order valence-corrected chi connectivity index (χ1v) is 52.5. The van der Waals surface area contributed by atoms with Crippen LogP contribution in [0.25, 0.3) is 0 Å². The van der Waals surface area contributed by atoms with Crippen molar-refractivity contribution in [2.45, 2.75) is 148 Å². The van der Waals surface area contributed by atoms with Crippen LogP contribution in [0.3, 0.4) is 0 Å². The molecule has 0 spiro atoms. The molecule has 5 nitrogen and oxygen atoms in total. The van der Waals surface area contributed by atoms with Crippen LogP contribution in [-0.4, -0.2) is 100 Å². The van der Waals surface area contributed by atoms with Crippen molar-refractivity contribution < 1.29 is 0 Å². The van der Waals surface area contributed by atoms with Crippen molar-refractivity contribution >= 4 is 196 Å². The Bertz CT molecular complexity index is 5030. The SMILES string of the molecule is Cc1cccc2c1Sc1c(C)ccnc1N2C.Cc1cccc2c1Sc1c(C)ccnc1[Si]2(C)C.Cc1cccc2c1[Se]c1c(C)cccc1C2(C)C.Cc1cccc2c1[Se]c1c(C)cccc1N2C.Cc1cccc2c1[Se]c1c(C)cccc1N2c1ccccc1.Cc1cccc2c1[Se]c1c(C)cccc1[Si]2(C)C. The molecule has 0 bridgehead atoms. The first-order valence-electron chi connectivity index (χ1n) is 38.0. The minimum absolute atomic E-state index is 0.142. The van der Waals surface area contributed by atoms with Crippen LogP contribution in [0.1, 0.15) is 91.7 Å². The number of para-hydroxylation sites is 1. The topological polar surface area (TPSA) is 35.5 Å². The number of aromatic nitrogens is 2. The Kier molecular flexibility index (Phi) is 23.3. The summed E-state index contributed by atoms with van der Waals surface area (Å²) < 4.78 is 12.6. The normalized spacial score (nSPS) is 14.5. The Morgan fingerprint density at radius 2 is 0.636 bits per heavy atom. The summed E-state index contributed by atoms with van der Waals surface area (Å²) in [5, 5.41) is 6.23. The van der Waals surface area contributed by atoms with Gasteiger partial charge in [-0.1, -0.05) is 66.9 Å². The number of nitrogens with zero attached hydrogens (tertiary/aromatic N) is 5. The van der Waals surface area contributed by atoms with Gasteiger partial charge in [0.2, 0.25) is 0 Å². The fourth-order valence-corrected chi connectivity index (χ4v) is 39.6. The fraction of sp³-hybridized carbons (Fsp3) is 0.216. The number of rotatable bonds is 1. The summed E-state index contributed by atoms with van der Waals surface area (Å²) in [5.41, 5.74) is 28.0. The molecule has 2 aromatic heterocycles. The average molecular weight is 1770 g/mol. The van der Waals surface area contributed by atoms with E-state index < -0.39 is 16.1 Å². The van der Waals surface area contributed by atoms with E-state index in [4.69, 9.17) is 4.98 Å². The second-order valence-electron chi connectivity index (χ2n) is 31.2. The summed E-state index contributed by atoms with van der Waals surface area (Å²) in [4.78, 5) is 21.6. The van der Waals surface area contributed by atoms with Gasteiger partial charge in [0, 0.05) is 39.4 Å². The molecule has 6 aliphatic heterocycles. The molecule has 13 heteroatoms. The molecule has 0 fully saturated rings. The van der Waals surface area contributed by atoms with Gasteiger partial charge in [0.15, 0.2) is 0 Å². The Labute approximate surface area is 691 Å². The van der Waals surface area contributed by atoms with Gasteiger partial charge in [-0.3, -0.25) is 4.98 Å². The van der Waals surface area contributed by atoms with E-state index in [1.54, 1.807) is 28.2 Å². The quantitative estimate of drug-likeness (QED) is 0.152. The zero-order valence-electron chi connectivity index (χ0n) is 67.2. The van der Waals surface area contributed by atoms with E-state index in [-0.39, 0.29) is 5.41 Å². The molecule has 0 aliphatic carbocycles. The fourth-order valence-electron chi connectivity index (χ4n) is 15.7. The third kappa shape index (κ3) is 15.1. The third-order valence-corrected chi connectivity index (χ3v) is 45.6. The summed E-state index contributed by atoms with van der Waals surface area (Å²) in [7, 11) is 1.15. The van der Waals surface area contributed by atoms with E-state index in [1.165, 1.54) is 160 Å². The van der Waals surface area contributed by atoms with E-state index in [0.29, 0.717) is 59.8 Å². The van der Waals surface area contributed by atoms with Crippen LogP contribution in [-0.2, 0) is 5.41 Å². The first-order chi connectivity index (χ1) is 52.7. The number of hydrogen-bond donors (Lipinski definition) is 0. The van der Waals surface area contributed by atoms with Crippen molar-refractivity contribution in [1.82, 2.24) is 9.97 Å². The number of pyridine rings is 2. The van der Waals surface area contributed by atoms with Crippen molar-refractivity contribution in [2.75, 3.05) is 28.8 Å². The van der Waals surface area contributed by atoms with Crippen LogP contribution in [0.2, 0.25) is 26.2 Å². The van der Waals surface area contributed by atoms with E-state index in [9.17, 15) is 0 Å². The van der Waals surface area contributed by atoms with Crippen LogP contribution in [0, 0.1) is 83.1 Å². The zero-order chi connectivity index (χ0) is 77.8. The number of hydrogen-bond acceptors (Lipinski definition) is 7. The molecule has 0 amide bonds. The van der Waals surface area contributed by atoms with Crippen LogP contribution in [0.4, 0.5) is 39.9 Å². The van der Waals surface area contributed by atoms with Crippen molar-refractivity contribution in [1.29, 1.82) is 0 Å². The molecule has 19 rings (SSSR count). The monoisotopic (exact) mass is 1770 g/mol. The zero-order valence-corrected chi connectivity index (χ0v) is 77.7. The predicted molar refractivity (Wildman–Crippen MR) is 488 cm³/mol. The molecule has 13 aromatic rings. The Morgan fingerprint density at radius 1 is 0.291 bits per heavy atom. The Hall–Kier alpha value is -7.67. The summed E-state index contributed by atoms with van der Waals surface area (Å²) in [6.07, 6.45) is 3.84. The van der Waals surface area contributed by atoms with Crippen molar-refractivity contribution in [3.05, 3.63) is 315 Å². The molecule has 0 saturated carbocycles. The molecule has 0 radical (unpaired) electrons. The van der Waals surface area contributed by atoms with Crippen molar-refractivity contribution in [3.8, 4) is 0 Å².